The molecule has 0 fully saturated rings. The van der Waals surface area contributed by atoms with Crippen molar-refractivity contribution in [1.29, 1.82) is 0 Å². The Labute approximate surface area is 112 Å². The van der Waals surface area contributed by atoms with Gasteiger partial charge in [0.15, 0.2) is 0 Å². The average molecular weight is 259 g/mol. The standard InChI is InChI=1S/C14H17N3O2/c1-18-10-3-4-13(19-2)11(9-10)12-5-7-15-14-6-8-16-17(12)14/h3-4,6,8-9,12,15H,5,7H2,1-2H3. The molecule has 0 saturated carbocycles. The molecule has 1 aromatic carbocycles. The van der Waals surface area contributed by atoms with Crippen LogP contribution in [-0.2, 0) is 0 Å². The molecule has 2 aromatic rings. The minimum absolute atomic E-state index is 0.177. The van der Waals surface area contributed by atoms with E-state index in [-0.39, 0.29) is 6.04 Å². The van der Waals surface area contributed by atoms with Gasteiger partial charge in [0.1, 0.15) is 17.3 Å². The number of hydrogen-bond acceptors (Lipinski definition) is 4. The van der Waals surface area contributed by atoms with E-state index < -0.39 is 0 Å². The summed E-state index contributed by atoms with van der Waals surface area (Å²) >= 11 is 0. The van der Waals surface area contributed by atoms with Crippen molar-refractivity contribution in [2.75, 3.05) is 26.1 Å². The fourth-order valence-electron chi connectivity index (χ4n) is 2.55. The molecule has 5 heteroatoms. The molecule has 0 amide bonds. The Hall–Kier alpha value is -2.17. The maximum absolute atomic E-state index is 5.47. The van der Waals surface area contributed by atoms with Crippen molar-refractivity contribution >= 4 is 5.82 Å². The van der Waals surface area contributed by atoms with Crippen LogP contribution in [0, 0.1) is 0 Å². The first kappa shape index (κ1) is 11.9. The van der Waals surface area contributed by atoms with Gasteiger partial charge >= 0.3 is 0 Å². The molecule has 0 spiro atoms. The van der Waals surface area contributed by atoms with Gasteiger partial charge in [-0.15, -0.1) is 0 Å². The predicted octanol–water partition coefficient (Wildman–Crippen LogP) is 2.31. The van der Waals surface area contributed by atoms with Crippen molar-refractivity contribution in [2.24, 2.45) is 0 Å². The highest BCUT2D eigenvalue weighted by Crippen LogP contribution is 2.36. The molecular weight excluding hydrogens is 242 g/mol. The number of rotatable bonds is 3. The zero-order valence-corrected chi connectivity index (χ0v) is 11.1. The molecule has 0 saturated heterocycles. The highest BCUT2D eigenvalue weighted by atomic mass is 16.5. The third-order valence-electron chi connectivity index (χ3n) is 3.49. The zero-order chi connectivity index (χ0) is 13.2. The van der Waals surface area contributed by atoms with Crippen LogP contribution in [0.25, 0.3) is 0 Å². The quantitative estimate of drug-likeness (QED) is 0.919. The van der Waals surface area contributed by atoms with Gasteiger partial charge in [0.25, 0.3) is 0 Å². The van der Waals surface area contributed by atoms with Crippen LogP contribution < -0.4 is 14.8 Å². The van der Waals surface area contributed by atoms with Gasteiger partial charge in [0, 0.05) is 18.2 Å². The summed E-state index contributed by atoms with van der Waals surface area (Å²) in [6.45, 7) is 0.927. The maximum Gasteiger partial charge on any atom is 0.124 e. The van der Waals surface area contributed by atoms with Gasteiger partial charge in [-0.2, -0.15) is 5.10 Å². The second-order valence-electron chi connectivity index (χ2n) is 4.50. The van der Waals surface area contributed by atoms with Crippen molar-refractivity contribution in [3.63, 3.8) is 0 Å². The van der Waals surface area contributed by atoms with Crippen LogP contribution in [-0.4, -0.2) is 30.5 Å². The maximum atomic E-state index is 5.47. The number of anilines is 1. The molecule has 0 bridgehead atoms. The van der Waals surface area contributed by atoms with E-state index in [4.69, 9.17) is 9.47 Å². The van der Waals surface area contributed by atoms with Crippen LogP contribution in [0.3, 0.4) is 0 Å². The van der Waals surface area contributed by atoms with Crippen LogP contribution >= 0.6 is 0 Å². The lowest BCUT2D eigenvalue weighted by atomic mass is 10.0. The normalized spacial score (nSPS) is 17.5. The molecule has 1 aliphatic rings. The number of aromatic nitrogens is 2. The SMILES string of the molecule is COc1ccc(OC)c(C2CCNc3ccnn32)c1. The van der Waals surface area contributed by atoms with Gasteiger partial charge in [-0.1, -0.05) is 0 Å². The summed E-state index contributed by atoms with van der Waals surface area (Å²) < 4.78 is 12.8. The third-order valence-corrected chi connectivity index (χ3v) is 3.49. The second-order valence-corrected chi connectivity index (χ2v) is 4.50. The lowest BCUT2D eigenvalue weighted by molar-refractivity contribution is 0.383. The highest BCUT2D eigenvalue weighted by Gasteiger charge is 2.24. The van der Waals surface area contributed by atoms with Gasteiger partial charge in [-0.3, -0.25) is 0 Å². The minimum Gasteiger partial charge on any atom is -0.497 e. The van der Waals surface area contributed by atoms with E-state index in [1.807, 2.05) is 35.1 Å². The van der Waals surface area contributed by atoms with Gasteiger partial charge in [-0.05, 0) is 24.6 Å². The Morgan fingerprint density at radius 2 is 2.16 bits per heavy atom. The van der Waals surface area contributed by atoms with Crippen LogP contribution in [0.2, 0.25) is 0 Å². The number of methoxy groups -OCH3 is 2. The monoisotopic (exact) mass is 259 g/mol. The molecule has 2 heterocycles. The first-order valence-corrected chi connectivity index (χ1v) is 6.33. The first-order chi connectivity index (χ1) is 9.33. The lowest BCUT2D eigenvalue weighted by Crippen LogP contribution is -2.24. The molecule has 1 unspecified atom stereocenters. The average Bonchev–Trinajstić information content (AvgIpc) is 2.94. The molecular formula is C14H17N3O2. The van der Waals surface area contributed by atoms with E-state index in [2.05, 4.69) is 10.4 Å². The Morgan fingerprint density at radius 1 is 1.26 bits per heavy atom. The van der Waals surface area contributed by atoms with Gasteiger partial charge < -0.3 is 14.8 Å². The smallest absolute Gasteiger partial charge is 0.124 e. The van der Waals surface area contributed by atoms with E-state index in [1.54, 1.807) is 14.2 Å². The fourth-order valence-corrected chi connectivity index (χ4v) is 2.55. The summed E-state index contributed by atoms with van der Waals surface area (Å²) in [4.78, 5) is 0. The molecule has 100 valence electrons. The summed E-state index contributed by atoms with van der Waals surface area (Å²) in [5.41, 5.74) is 1.10. The van der Waals surface area contributed by atoms with Crippen molar-refractivity contribution in [2.45, 2.75) is 12.5 Å². The van der Waals surface area contributed by atoms with Crippen LogP contribution in [0.5, 0.6) is 11.5 Å². The van der Waals surface area contributed by atoms with Crippen LogP contribution in [0.4, 0.5) is 5.82 Å². The molecule has 0 radical (unpaired) electrons. The molecule has 1 N–H and O–H groups in total. The zero-order valence-electron chi connectivity index (χ0n) is 11.1. The number of hydrogen-bond donors (Lipinski definition) is 1. The van der Waals surface area contributed by atoms with Crippen molar-refractivity contribution in [1.82, 2.24) is 9.78 Å². The lowest BCUT2D eigenvalue weighted by Gasteiger charge is -2.27. The van der Waals surface area contributed by atoms with Crippen molar-refractivity contribution < 1.29 is 9.47 Å². The van der Waals surface area contributed by atoms with Crippen LogP contribution in [0.1, 0.15) is 18.0 Å². The third kappa shape index (κ3) is 2.01. The Balaban J connectivity index is 2.07. The molecule has 1 aliphatic heterocycles. The van der Waals surface area contributed by atoms with Gasteiger partial charge in [-0.25, -0.2) is 4.68 Å². The predicted molar refractivity (Wildman–Crippen MR) is 73.0 cm³/mol. The molecule has 1 atom stereocenters. The van der Waals surface area contributed by atoms with E-state index in [9.17, 15) is 0 Å². The summed E-state index contributed by atoms with van der Waals surface area (Å²) in [5, 5.41) is 7.74. The Kier molecular flexibility index (Phi) is 3.03. The number of benzene rings is 1. The fraction of sp³-hybridized carbons (Fsp3) is 0.357. The van der Waals surface area contributed by atoms with Crippen LogP contribution in [0.15, 0.2) is 30.5 Å². The molecule has 3 rings (SSSR count). The van der Waals surface area contributed by atoms with Gasteiger partial charge in [0.05, 0.1) is 26.5 Å². The number of ether oxygens (including phenoxy) is 2. The topological polar surface area (TPSA) is 48.3 Å². The molecule has 19 heavy (non-hydrogen) atoms. The first-order valence-electron chi connectivity index (χ1n) is 6.33. The second kappa shape index (κ2) is 4.84. The molecule has 5 nitrogen and oxygen atoms in total. The van der Waals surface area contributed by atoms with Gasteiger partial charge in [0.2, 0.25) is 0 Å². The largest absolute Gasteiger partial charge is 0.497 e. The summed E-state index contributed by atoms with van der Waals surface area (Å²) in [7, 11) is 3.36. The number of nitrogens with zero attached hydrogens (tertiary/aromatic N) is 2. The van der Waals surface area contributed by atoms with E-state index in [1.165, 1.54) is 0 Å². The minimum atomic E-state index is 0.177. The van der Waals surface area contributed by atoms with Crippen molar-refractivity contribution in [3.05, 3.63) is 36.0 Å². The molecule has 0 aliphatic carbocycles. The Morgan fingerprint density at radius 3 is 2.95 bits per heavy atom. The summed E-state index contributed by atoms with van der Waals surface area (Å²) in [6.07, 6.45) is 2.78. The highest BCUT2D eigenvalue weighted by molar-refractivity contribution is 5.46. The summed E-state index contributed by atoms with van der Waals surface area (Å²) in [5.74, 6) is 2.75. The number of nitrogens with one attached hydrogen (secondary N) is 1. The Bertz CT molecular complexity index is 580. The van der Waals surface area contributed by atoms with E-state index in [0.29, 0.717) is 0 Å². The molecule has 1 aromatic heterocycles. The van der Waals surface area contributed by atoms with E-state index >= 15 is 0 Å². The number of fused-ring (bicyclic) bond motifs is 1. The van der Waals surface area contributed by atoms with E-state index in [0.717, 1.165) is 35.8 Å². The summed E-state index contributed by atoms with van der Waals surface area (Å²) in [6, 6.07) is 8.04. The van der Waals surface area contributed by atoms with Crippen molar-refractivity contribution in [3.8, 4) is 11.5 Å².